The quantitative estimate of drug-likeness (QED) is 0.306. The summed E-state index contributed by atoms with van der Waals surface area (Å²) in [5, 5.41) is 1.14. The van der Waals surface area contributed by atoms with Crippen LogP contribution in [0.2, 0.25) is 0 Å². The van der Waals surface area contributed by atoms with E-state index >= 15 is 0 Å². The zero-order valence-electron chi connectivity index (χ0n) is 16.7. The Hall–Kier alpha value is -2.64. The van der Waals surface area contributed by atoms with Crippen LogP contribution in [0.25, 0.3) is 10.9 Å². The lowest BCUT2D eigenvalue weighted by Gasteiger charge is -2.18. The van der Waals surface area contributed by atoms with Gasteiger partial charge in [-0.3, -0.25) is 14.2 Å². The van der Waals surface area contributed by atoms with E-state index in [4.69, 9.17) is 4.74 Å². The van der Waals surface area contributed by atoms with Crippen LogP contribution in [-0.2, 0) is 16.1 Å². The molecular formula is C22H25N3O3S. The number of thioether (sulfide) groups is 1. The molecule has 0 aliphatic heterocycles. The molecule has 29 heavy (non-hydrogen) atoms. The number of amides is 1. The van der Waals surface area contributed by atoms with Gasteiger partial charge >= 0.3 is 0 Å². The van der Waals surface area contributed by atoms with Crippen LogP contribution in [-0.4, -0.2) is 41.5 Å². The number of nitrogens with zero attached hydrogens (tertiary/aromatic N) is 3. The molecule has 0 N–H and O–H groups in total. The predicted molar refractivity (Wildman–Crippen MR) is 118 cm³/mol. The van der Waals surface area contributed by atoms with E-state index in [-0.39, 0.29) is 17.2 Å². The van der Waals surface area contributed by atoms with Crippen LogP contribution in [0.4, 0.5) is 5.69 Å². The number of carbonyl (C=O) groups excluding carboxylic acids is 1. The van der Waals surface area contributed by atoms with Gasteiger partial charge < -0.3 is 9.64 Å². The van der Waals surface area contributed by atoms with Crippen molar-refractivity contribution in [3.63, 3.8) is 0 Å². The van der Waals surface area contributed by atoms with Crippen molar-refractivity contribution in [1.82, 2.24) is 9.55 Å². The first-order chi connectivity index (χ1) is 14.1. The molecule has 0 fully saturated rings. The lowest BCUT2D eigenvalue weighted by molar-refractivity contribution is -0.115. The molecule has 6 nitrogen and oxygen atoms in total. The van der Waals surface area contributed by atoms with Gasteiger partial charge in [-0.2, -0.15) is 0 Å². The molecule has 0 atom stereocenters. The second-order valence-corrected chi connectivity index (χ2v) is 7.44. The Labute approximate surface area is 174 Å². The minimum atomic E-state index is -0.0848. The van der Waals surface area contributed by atoms with Crippen LogP contribution in [0.3, 0.4) is 0 Å². The Morgan fingerprint density at radius 2 is 1.86 bits per heavy atom. The van der Waals surface area contributed by atoms with Crippen molar-refractivity contribution in [2.75, 3.05) is 30.9 Å². The molecule has 1 aromatic heterocycles. The van der Waals surface area contributed by atoms with Crippen molar-refractivity contribution in [2.45, 2.75) is 25.0 Å². The van der Waals surface area contributed by atoms with E-state index in [0.29, 0.717) is 42.2 Å². The van der Waals surface area contributed by atoms with Crippen molar-refractivity contribution < 1.29 is 9.53 Å². The van der Waals surface area contributed by atoms with Crippen molar-refractivity contribution in [2.24, 2.45) is 0 Å². The van der Waals surface area contributed by atoms with Crippen LogP contribution < -0.4 is 10.5 Å². The Morgan fingerprint density at radius 3 is 2.62 bits per heavy atom. The second kappa shape index (κ2) is 10.2. The largest absolute Gasteiger partial charge is 0.382 e. The van der Waals surface area contributed by atoms with Gasteiger partial charge in [0.2, 0.25) is 5.91 Å². The van der Waals surface area contributed by atoms with Crippen LogP contribution in [0, 0.1) is 0 Å². The minimum absolute atomic E-state index is 0.0514. The van der Waals surface area contributed by atoms with Crippen LogP contribution in [0.5, 0.6) is 0 Å². The maximum absolute atomic E-state index is 13.0. The number of fused-ring (bicyclic) bond motifs is 1. The molecule has 0 bridgehead atoms. The summed E-state index contributed by atoms with van der Waals surface area (Å²) in [6.45, 7) is 3.67. The summed E-state index contributed by atoms with van der Waals surface area (Å²) in [4.78, 5) is 31.9. The molecule has 3 rings (SSSR count). The molecule has 0 radical (unpaired) electrons. The van der Waals surface area contributed by atoms with Gasteiger partial charge in [-0.25, -0.2) is 4.98 Å². The van der Waals surface area contributed by atoms with Gasteiger partial charge in [0.05, 0.1) is 16.7 Å². The third-order valence-electron chi connectivity index (χ3n) is 4.54. The van der Waals surface area contributed by atoms with E-state index < -0.39 is 0 Å². The van der Waals surface area contributed by atoms with Gasteiger partial charge in [0.25, 0.3) is 5.56 Å². The van der Waals surface area contributed by atoms with Gasteiger partial charge in [-0.1, -0.05) is 42.1 Å². The molecule has 1 amide bonds. The predicted octanol–water partition coefficient (Wildman–Crippen LogP) is 3.58. The highest BCUT2D eigenvalue weighted by Gasteiger charge is 2.16. The third-order valence-corrected chi connectivity index (χ3v) is 5.50. The lowest BCUT2D eigenvalue weighted by Crippen LogP contribution is -2.29. The van der Waals surface area contributed by atoms with Crippen molar-refractivity contribution in [3.8, 4) is 0 Å². The highest BCUT2D eigenvalue weighted by atomic mass is 32.2. The van der Waals surface area contributed by atoms with Gasteiger partial charge in [0.15, 0.2) is 5.16 Å². The number of hydrogen-bond donors (Lipinski definition) is 0. The Bertz CT molecular complexity index is 1020. The first kappa shape index (κ1) is 21.1. The topological polar surface area (TPSA) is 64.4 Å². The van der Waals surface area contributed by atoms with E-state index in [2.05, 4.69) is 4.98 Å². The first-order valence-electron chi connectivity index (χ1n) is 9.63. The monoisotopic (exact) mass is 411 g/mol. The number of benzene rings is 2. The number of hydrogen-bond acceptors (Lipinski definition) is 5. The maximum Gasteiger partial charge on any atom is 0.262 e. The SMILES string of the molecule is CCOCCCn1c(SCC(=O)N(C)c2ccccc2)nc2ccccc2c1=O. The van der Waals surface area contributed by atoms with E-state index in [1.54, 1.807) is 22.6 Å². The maximum atomic E-state index is 13.0. The summed E-state index contributed by atoms with van der Waals surface area (Å²) < 4.78 is 7.05. The Morgan fingerprint density at radius 1 is 1.14 bits per heavy atom. The van der Waals surface area contributed by atoms with Crippen LogP contribution in [0.1, 0.15) is 13.3 Å². The molecular weight excluding hydrogens is 386 g/mol. The Balaban J connectivity index is 1.81. The molecule has 2 aromatic carbocycles. The van der Waals surface area contributed by atoms with Gasteiger partial charge in [-0.05, 0) is 37.6 Å². The highest BCUT2D eigenvalue weighted by molar-refractivity contribution is 7.99. The summed E-state index contributed by atoms with van der Waals surface area (Å²) in [6, 6.07) is 16.8. The summed E-state index contributed by atoms with van der Waals surface area (Å²) in [5.74, 6) is 0.145. The van der Waals surface area contributed by atoms with Gasteiger partial charge in [-0.15, -0.1) is 0 Å². The van der Waals surface area contributed by atoms with E-state index in [1.165, 1.54) is 11.8 Å². The number of ether oxygens (including phenoxy) is 1. The zero-order chi connectivity index (χ0) is 20.6. The fraction of sp³-hybridized carbons (Fsp3) is 0.318. The highest BCUT2D eigenvalue weighted by Crippen LogP contribution is 2.20. The first-order valence-corrected chi connectivity index (χ1v) is 10.6. The average Bonchev–Trinajstić information content (AvgIpc) is 2.76. The molecule has 7 heteroatoms. The lowest BCUT2D eigenvalue weighted by atomic mass is 10.2. The molecule has 0 unspecified atom stereocenters. The molecule has 0 aliphatic carbocycles. The fourth-order valence-electron chi connectivity index (χ4n) is 2.94. The van der Waals surface area contributed by atoms with Gasteiger partial charge in [0.1, 0.15) is 0 Å². The standard InChI is InChI=1S/C22H25N3O3S/c1-3-28-15-9-14-25-21(27)18-12-7-8-13-19(18)23-22(25)29-16-20(26)24(2)17-10-5-4-6-11-17/h4-8,10-13H,3,9,14-16H2,1-2H3. The molecule has 0 saturated heterocycles. The minimum Gasteiger partial charge on any atom is -0.382 e. The second-order valence-electron chi connectivity index (χ2n) is 6.50. The molecule has 0 aliphatic rings. The summed E-state index contributed by atoms with van der Waals surface area (Å²) in [6.07, 6.45) is 0.708. The molecule has 3 aromatic rings. The fourth-order valence-corrected chi connectivity index (χ4v) is 3.88. The normalized spacial score (nSPS) is 11.0. The molecule has 152 valence electrons. The van der Waals surface area contributed by atoms with E-state index in [9.17, 15) is 9.59 Å². The number of anilines is 1. The molecule has 1 heterocycles. The third kappa shape index (κ3) is 5.25. The number of aromatic nitrogens is 2. The van der Waals surface area contributed by atoms with E-state index in [0.717, 1.165) is 5.69 Å². The van der Waals surface area contributed by atoms with Crippen molar-refractivity contribution in [1.29, 1.82) is 0 Å². The number of rotatable bonds is 9. The summed E-state index contributed by atoms with van der Waals surface area (Å²) >= 11 is 1.29. The molecule has 0 saturated carbocycles. The molecule has 0 spiro atoms. The smallest absolute Gasteiger partial charge is 0.262 e. The summed E-state index contributed by atoms with van der Waals surface area (Å²) in [7, 11) is 1.75. The Kier molecular flexibility index (Phi) is 7.43. The summed E-state index contributed by atoms with van der Waals surface area (Å²) in [5.41, 5.74) is 1.39. The number of para-hydroxylation sites is 2. The van der Waals surface area contributed by atoms with Crippen molar-refractivity contribution >= 4 is 34.3 Å². The van der Waals surface area contributed by atoms with E-state index in [1.807, 2.05) is 55.5 Å². The zero-order valence-corrected chi connectivity index (χ0v) is 17.5. The number of carbonyl (C=O) groups is 1. The van der Waals surface area contributed by atoms with Crippen LogP contribution >= 0.6 is 11.8 Å². The van der Waals surface area contributed by atoms with Crippen molar-refractivity contribution in [3.05, 3.63) is 65.0 Å². The average molecular weight is 412 g/mol. The van der Waals surface area contributed by atoms with Crippen LogP contribution in [0.15, 0.2) is 64.5 Å². The van der Waals surface area contributed by atoms with Gasteiger partial charge in [0, 0.05) is 32.5 Å².